The number of carbonyl (C=O) groups excluding carboxylic acids is 1. The molecule has 0 bridgehead atoms. The zero-order valence-corrected chi connectivity index (χ0v) is 18.4. The summed E-state index contributed by atoms with van der Waals surface area (Å²) in [4.78, 5) is 15.0. The number of methoxy groups -OCH3 is 1. The highest BCUT2D eigenvalue weighted by molar-refractivity contribution is 7.89. The van der Waals surface area contributed by atoms with Crippen LogP contribution in [-0.4, -0.2) is 69.0 Å². The van der Waals surface area contributed by atoms with Crippen molar-refractivity contribution in [2.75, 3.05) is 33.4 Å². The lowest BCUT2D eigenvalue weighted by atomic mass is 10.0. The molecule has 1 aromatic rings. The van der Waals surface area contributed by atoms with Gasteiger partial charge < -0.3 is 14.4 Å². The summed E-state index contributed by atoms with van der Waals surface area (Å²) in [5.41, 5.74) is 0. The fraction of sp³-hybridized carbons (Fsp3) is 0.667. The number of amides is 1. The second-order valence-electron chi connectivity index (χ2n) is 7.69. The highest BCUT2D eigenvalue weighted by Gasteiger charge is 2.43. The molecule has 2 heterocycles. The van der Waals surface area contributed by atoms with Crippen LogP contribution in [0.15, 0.2) is 29.2 Å². The number of hydrogen-bond donors (Lipinski definition) is 0. The lowest BCUT2D eigenvalue weighted by Gasteiger charge is -2.31. The maximum Gasteiger partial charge on any atom is 0.247 e. The molecule has 1 fully saturated rings. The van der Waals surface area contributed by atoms with Gasteiger partial charge in [0.2, 0.25) is 15.9 Å². The van der Waals surface area contributed by atoms with Gasteiger partial charge in [0.25, 0.3) is 0 Å². The van der Waals surface area contributed by atoms with E-state index in [1.807, 2.05) is 18.7 Å². The first kappa shape index (κ1) is 22.1. The van der Waals surface area contributed by atoms with E-state index in [1.54, 1.807) is 31.4 Å². The van der Waals surface area contributed by atoms with Crippen LogP contribution in [-0.2, 0) is 19.6 Å². The van der Waals surface area contributed by atoms with Crippen molar-refractivity contribution in [2.45, 2.75) is 56.6 Å². The second kappa shape index (κ2) is 9.45. The van der Waals surface area contributed by atoms with E-state index in [1.165, 1.54) is 4.31 Å². The van der Waals surface area contributed by atoms with E-state index < -0.39 is 10.0 Å². The van der Waals surface area contributed by atoms with E-state index in [2.05, 4.69) is 0 Å². The monoisotopic (exact) mass is 424 g/mol. The van der Waals surface area contributed by atoms with Gasteiger partial charge in [-0.05, 0) is 31.4 Å². The van der Waals surface area contributed by atoms with Gasteiger partial charge in [-0.1, -0.05) is 26.0 Å². The fourth-order valence-electron chi connectivity index (χ4n) is 4.34. The van der Waals surface area contributed by atoms with Crippen LogP contribution in [0, 0.1) is 5.92 Å². The molecule has 1 saturated heterocycles. The molecule has 0 radical (unpaired) electrons. The van der Waals surface area contributed by atoms with Gasteiger partial charge in [0.1, 0.15) is 16.7 Å². The Labute approximate surface area is 174 Å². The molecule has 0 N–H and O–H groups in total. The lowest BCUT2D eigenvalue weighted by Crippen LogP contribution is -2.48. The Balaban J connectivity index is 1.92. The summed E-state index contributed by atoms with van der Waals surface area (Å²) in [5.74, 6) is 0.577. The molecule has 0 aromatic heterocycles. The maximum absolute atomic E-state index is 13.4. The van der Waals surface area contributed by atoms with Crippen LogP contribution in [0.25, 0.3) is 0 Å². The van der Waals surface area contributed by atoms with E-state index in [0.29, 0.717) is 38.3 Å². The van der Waals surface area contributed by atoms with E-state index in [0.717, 1.165) is 12.8 Å². The number of sulfonamides is 1. The molecule has 2 aliphatic rings. The predicted octanol–water partition coefficient (Wildman–Crippen LogP) is 2.51. The zero-order valence-electron chi connectivity index (χ0n) is 17.5. The van der Waals surface area contributed by atoms with Crippen LogP contribution >= 0.6 is 0 Å². The number of nitrogens with zero attached hydrogens (tertiary/aromatic N) is 2. The van der Waals surface area contributed by atoms with E-state index in [4.69, 9.17) is 9.47 Å². The molecule has 1 aromatic carbocycles. The summed E-state index contributed by atoms with van der Waals surface area (Å²) < 4.78 is 39.8. The molecular weight excluding hydrogens is 392 g/mol. The summed E-state index contributed by atoms with van der Waals surface area (Å²) >= 11 is 0. The van der Waals surface area contributed by atoms with Gasteiger partial charge in [0, 0.05) is 39.1 Å². The summed E-state index contributed by atoms with van der Waals surface area (Å²) in [6.45, 7) is 5.76. The molecule has 0 aliphatic carbocycles. The predicted molar refractivity (Wildman–Crippen MR) is 110 cm³/mol. The molecule has 8 heteroatoms. The van der Waals surface area contributed by atoms with Crippen LogP contribution in [0.3, 0.4) is 0 Å². The molecule has 2 atom stereocenters. The van der Waals surface area contributed by atoms with E-state index in [9.17, 15) is 13.2 Å². The van der Waals surface area contributed by atoms with Gasteiger partial charge >= 0.3 is 0 Å². The highest BCUT2D eigenvalue weighted by atomic mass is 32.2. The van der Waals surface area contributed by atoms with E-state index in [-0.39, 0.29) is 35.4 Å². The zero-order chi connectivity index (χ0) is 21.0. The van der Waals surface area contributed by atoms with Crippen molar-refractivity contribution in [1.29, 1.82) is 0 Å². The molecular formula is C21H32N2O5S. The van der Waals surface area contributed by atoms with Crippen LogP contribution in [0.2, 0.25) is 0 Å². The molecule has 0 saturated carbocycles. The number of likely N-dealkylation sites (tertiary alicyclic amines) is 1. The van der Waals surface area contributed by atoms with Crippen LogP contribution < -0.4 is 4.74 Å². The normalized spacial score (nSPS) is 24.2. The number of fused-ring (bicyclic) bond motifs is 2. The van der Waals surface area contributed by atoms with Crippen LogP contribution in [0.4, 0.5) is 0 Å². The third-order valence-corrected chi connectivity index (χ3v) is 8.02. The van der Waals surface area contributed by atoms with Crippen LogP contribution in [0.1, 0.15) is 39.5 Å². The number of rotatable bonds is 6. The Hall–Kier alpha value is -1.64. The maximum atomic E-state index is 13.4. The van der Waals surface area contributed by atoms with E-state index >= 15 is 0 Å². The molecule has 2 aliphatic heterocycles. The number of para-hydroxylation sites is 1. The highest BCUT2D eigenvalue weighted by Crippen LogP contribution is 2.36. The summed E-state index contributed by atoms with van der Waals surface area (Å²) in [7, 11) is -2.15. The van der Waals surface area contributed by atoms with Crippen molar-refractivity contribution >= 4 is 15.9 Å². The molecule has 7 nitrogen and oxygen atoms in total. The molecule has 162 valence electrons. The number of benzene rings is 1. The standard InChI is InChI=1S/C21H32N2O5S/c1-4-16(5-2)21(24)22-12-10-17-18(11-13-22)28-19-8-6-7-9-20(19)29(25,26)23(17)14-15-27-3/h6-9,16-18H,4-5,10-15H2,1-3H3/t17-,18-/m1/s1. The Morgan fingerprint density at radius 1 is 1.21 bits per heavy atom. The van der Waals surface area contributed by atoms with Gasteiger partial charge in [-0.3, -0.25) is 4.79 Å². The molecule has 0 spiro atoms. The second-order valence-corrected chi connectivity index (χ2v) is 9.55. The first-order valence-corrected chi connectivity index (χ1v) is 11.9. The quantitative estimate of drug-likeness (QED) is 0.701. The van der Waals surface area contributed by atoms with Gasteiger partial charge in [-0.25, -0.2) is 8.42 Å². The minimum atomic E-state index is -3.72. The first-order chi connectivity index (χ1) is 13.9. The van der Waals surface area contributed by atoms with Crippen LogP contribution in [0.5, 0.6) is 5.75 Å². The molecule has 29 heavy (non-hydrogen) atoms. The number of ether oxygens (including phenoxy) is 2. The minimum absolute atomic E-state index is 0.0212. The third-order valence-electron chi connectivity index (χ3n) is 6.05. The van der Waals surface area contributed by atoms with Crippen molar-refractivity contribution in [3.05, 3.63) is 24.3 Å². The molecule has 3 rings (SSSR count). The van der Waals surface area contributed by atoms with Crippen molar-refractivity contribution in [1.82, 2.24) is 9.21 Å². The number of hydrogen-bond acceptors (Lipinski definition) is 5. The van der Waals surface area contributed by atoms with Gasteiger partial charge in [0.15, 0.2) is 0 Å². The number of carbonyl (C=O) groups is 1. The Kier molecular flexibility index (Phi) is 7.19. The Morgan fingerprint density at radius 3 is 2.59 bits per heavy atom. The first-order valence-electron chi connectivity index (χ1n) is 10.5. The average Bonchev–Trinajstić information content (AvgIpc) is 2.96. The minimum Gasteiger partial charge on any atom is -0.487 e. The summed E-state index contributed by atoms with van der Waals surface area (Å²) in [6.07, 6.45) is 2.48. The molecule has 0 unspecified atom stereocenters. The van der Waals surface area contributed by atoms with Crippen molar-refractivity contribution < 1.29 is 22.7 Å². The molecule has 1 amide bonds. The van der Waals surface area contributed by atoms with Gasteiger partial charge in [0.05, 0.1) is 12.6 Å². The average molecular weight is 425 g/mol. The summed E-state index contributed by atoms with van der Waals surface area (Å²) in [6, 6.07) is 6.47. The fourth-order valence-corrected chi connectivity index (χ4v) is 6.13. The smallest absolute Gasteiger partial charge is 0.247 e. The lowest BCUT2D eigenvalue weighted by molar-refractivity contribution is -0.135. The summed E-state index contributed by atoms with van der Waals surface area (Å²) in [5, 5.41) is 0. The van der Waals surface area contributed by atoms with Crippen molar-refractivity contribution in [2.24, 2.45) is 5.92 Å². The topological polar surface area (TPSA) is 76.2 Å². The van der Waals surface area contributed by atoms with Gasteiger partial charge in [-0.2, -0.15) is 4.31 Å². The third kappa shape index (κ3) is 4.44. The largest absolute Gasteiger partial charge is 0.487 e. The SMILES string of the molecule is CCC(CC)C(=O)N1CC[C@@H]2[C@@H](CC1)Oc1ccccc1S(=O)(=O)N2CCOC. The Morgan fingerprint density at radius 2 is 1.90 bits per heavy atom. The Bertz CT molecular complexity index is 809. The van der Waals surface area contributed by atoms with Crippen molar-refractivity contribution in [3.8, 4) is 5.75 Å². The van der Waals surface area contributed by atoms with Crippen molar-refractivity contribution in [3.63, 3.8) is 0 Å². The van der Waals surface area contributed by atoms with Gasteiger partial charge in [-0.15, -0.1) is 0 Å².